The summed E-state index contributed by atoms with van der Waals surface area (Å²) in [5, 5.41) is 24.7. The second-order valence-corrected chi connectivity index (χ2v) is 20.7. The third kappa shape index (κ3) is 21.7. The van der Waals surface area contributed by atoms with Crippen LogP contribution in [0.25, 0.3) is 0 Å². The van der Waals surface area contributed by atoms with Gasteiger partial charge in [-0.3, -0.25) is 0 Å². The zero-order valence-electron chi connectivity index (χ0n) is 43.7. The first kappa shape index (κ1) is 61.5. The standard InChI is InChI=1S/C25H24BCl3O2.2C16H36N/c1-16-13-19(27)5-8-22(16)25(11-4-12-26(30)31,23-9-6-20(28)14-17(23)2)24-10-7-21(29)15-18(24)3;2*1-5-9-13-17(14-10-6-2,15-11-7-3)16-12-8-4/h5-10,13-15H,4,11-12H2,1-3H3;2*5-16H2,1-4H3/q-2;2*+1. The molecule has 3 rings (SSSR count). The van der Waals surface area contributed by atoms with E-state index in [1.165, 1.54) is 164 Å². The summed E-state index contributed by atoms with van der Waals surface area (Å²) in [6, 6.07) is 17.7. The van der Waals surface area contributed by atoms with Gasteiger partial charge in [-0.25, -0.2) is 0 Å². The van der Waals surface area contributed by atoms with Crippen molar-refractivity contribution in [1.29, 1.82) is 0 Å². The molecule has 0 aliphatic heterocycles. The highest BCUT2D eigenvalue weighted by atomic mass is 35.5. The fourth-order valence-electron chi connectivity index (χ4n) is 9.98. The van der Waals surface area contributed by atoms with Crippen LogP contribution in [-0.2, 0) is 5.41 Å². The lowest BCUT2D eigenvalue weighted by Crippen LogP contribution is -2.50. The minimum absolute atomic E-state index is 0.0632. The summed E-state index contributed by atoms with van der Waals surface area (Å²) < 4.78 is 2.84. The van der Waals surface area contributed by atoms with Crippen molar-refractivity contribution in [1.82, 2.24) is 0 Å². The van der Waals surface area contributed by atoms with E-state index in [-0.39, 0.29) is 6.32 Å². The Morgan fingerprint density at radius 3 is 0.815 bits per heavy atom. The smallest absolute Gasteiger partial charge is 0.0786 e. The first-order valence-electron chi connectivity index (χ1n) is 26.5. The molecule has 0 atom stereocenters. The highest BCUT2D eigenvalue weighted by molar-refractivity contribution is 6.36. The zero-order chi connectivity index (χ0) is 48.7. The summed E-state index contributed by atoms with van der Waals surface area (Å²) >= 11 is 18.9. The van der Waals surface area contributed by atoms with Gasteiger partial charge in [0.15, 0.2) is 0 Å². The fourth-order valence-corrected chi connectivity index (χ4v) is 10.7. The van der Waals surface area contributed by atoms with Gasteiger partial charge < -0.3 is 19.0 Å². The molecule has 0 spiro atoms. The molecule has 0 saturated heterocycles. The number of nitrogens with zero attached hydrogens (tertiary/aromatic N) is 2. The van der Waals surface area contributed by atoms with Crippen LogP contribution >= 0.6 is 34.8 Å². The second kappa shape index (κ2) is 34.7. The van der Waals surface area contributed by atoms with E-state index < -0.39 is 12.5 Å². The van der Waals surface area contributed by atoms with Crippen molar-refractivity contribution in [3.63, 3.8) is 0 Å². The molecule has 0 N–H and O–H groups in total. The molecular formula is C57H96BCl3N2O2. The molecule has 3 aromatic rings. The molecule has 8 heteroatoms. The van der Waals surface area contributed by atoms with Crippen molar-refractivity contribution in [3.8, 4) is 0 Å². The number of hydrogen-bond acceptors (Lipinski definition) is 2. The Labute approximate surface area is 417 Å². The SMILES string of the molecule is CCCC[N+](CCCC)(CCCC)CCCC.CCCC[N+](CCCC)(CCCC)CCCC.Cc1cc(Cl)ccc1C(CCCB([O-])[O-])(c1ccc(Cl)cc1C)c1ccc(Cl)cc1C. The number of halogens is 3. The third-order valence-electron chi connectivity index (χ3n) is 13.8. The summed E-state index contributed by atoms with van der Waals surface area (Å²) in [4.78, 5) is 0. The third-order valence-corrected chi connectivity index (χ3v) is 14.5. The quantitative estimate of drug-likeness (QED) is 0.0366. The zero-order valence-corrected chi connectivity index (χ0v) is 46.0. The predicted molar refractivity (Wildman–Crippen MR) is 287 cm³/mol. The predicted octanol–water partition coefficient (Wildman–Crippen LogP) is 15.9. The summed E-state index contributed by atoms with van der Waals surface area (Å²) in [6.07, 6.45) is 23.3. The van der Waals surface area contributed by atoms with Gasteiger partial charge in [0, 0.05) is 20.5 Å². The topological polar surface area (TPSA) is 46.1 Å². The van der Waals surface area contributed by atoms with Gasteiger partial charge in [-0.05, 0) is 148 Å². The van der Waals surface area contributed by atoms with E-state index >= 15 is 0 Å². The Kier molecular flexibility index (Phi) is 32.8. The van der Waals surface area contributed by atoms with Crippen LogP contribution in [-0.4, -0.2) is 68.4 Å². The van der Waals surface area contributed by atoms with Crippen LogP contribution < -0.4 is 10.0 Å². The van der Waals surface area contributed by atoms with Gasteiger partial charge in [-0.2, -0.15) is 0 Å². The molecule has 0 heterocycles. The van der Waals surface area contributed by atoms with Crippen LogP contribution in [0.15, 0.2) is 54.6 Å². The van der Waals surface area contributed by atoms with Crippen molar-refractivity contribution in [2.45, 2.75) is 203 Å². The normalized spacial score (nSPS) is 11.8. The molecule has 4 nitrogen and oxygen atoms in total. The van der Waals surface area contributed by atoms with Crippen LogP contribution in [0.2, 0.25) is 21.4 Å². The summed E-state index contributed by atoms with van der Waals surface area (Å²) in [6.45, 7) is 36.2. The van der Waals surface area contributed by atoms with Crippen molar-refractivity contribution < 1.29 is 19.0 Å². The number of aryl methyl sites for hydroxylation is 3. The average Bonchev–Trinajstić information content (AvgIpc) is 3.28. The number of rotatable bonds is 31. The van der Waals surface area contributed by atoms with Crippen LogP contribution in [0.1, 0.15) is 204 Å². The first-order chi connectivity index (χ1) is 31.1. The van der Waals surface area contributed by atoms with E-state index in [2.05, 4.69) is 55.4 Å². The average molecular weight is 959 g/mol. The maximum absolute atomic E-state index is 11.3. The highest BCUT2D eigenvalue weighted by Crippen LogP contribution is 2.48. The van der Waals surface area contributed by atoms with E-state index in [4.69, 9.17) is 34.8 Å². The maximum Gasteiger partial charge on any atom is 0.0786 e. The Hall–Kier alpha value is -1.57. The second-order valence-electron chi connectivity index (χ2n) is 19.4. The minimum Gasteiger partial charge on any atom is -0.893 e. The molecule has 370 valence electrons. The summed E-state index contributed by atoms with van der Waals surface area (Å²) in [5.74, 6) is 0. The van der Waals surface area contributed by atoms with Crippen molar-refractivity contribution >= 4 is 41.9 Å². The summed E-state index contributed by atoms with van der Waals surface area (Å²) in [7, 11) is -1.85. The van der Waals surface area contributed by atoms with E-state index in [1.54, 1.807) is 0 Å². The molecule has 0 saturated carbocycles. The van der Waals surface area contributed by atoms with Gasteiger partial charge in [-0.1, -0.05) is 166 Å². The number of unbranched alkanes of at least 4 members (excludes halogenated alkanes) is 8. The first-order valence-corrected chi connectivity index (χ1v) is 27.6. The van der Waals surface area contributed by atoms with Crippen molar-refractivity contribution in [3.05, 3.63) is 103 Å². The molecule has 0 aliphatic carbocycles. The largest absolute Gasteiger partial charge is 0.893 e. The Balaban J connectivity index is 0.000000532. The Morgan fingerprint density at radius 1 is 0.400 bits per heavy atom. The van der Waals surface area contributed by atoms with Gasteiger partial charge in [-0.15, -0.1) is 13.4 Å². The van der Waals surface area contributed by atoms with Crippen molar-refractivity contribution in [2.24, 2.45) is 0 Å². The molecule has 0 amide bonds. The van der Waals surface area contributed by atoms with E-state index in [0.717, 1.165) is 33.4 Å². The van der Waals surface area contributed by atoms with E-state index in [9.17, 15) is 10.0 Å². The van der Waals surface area contributed by atoms with Crippen LogP contribution in [0.3, 0.4) is 0 Å². The number of quaternary nitrogens is 2. The van der Waals surface area contributed by atoms with Crippen LogP contribution in [0, 0.1) is 20.8 Å². The molecule has 0 aromatic heterocycles. The van der Waals surface area contributed by atoms with Gasteiger partial charge in [0.05, 0.1) is 52.4 Å². The lowest BCUT2D eigenvalue weighted by Gasteiger charge is -2.40. The molecular weight excluding hydrogens is 862 g/mol. The number of hydrogen-bond donors (Lipinski definition) is 0. The lowest BCUT2D eigenvalue weighted by atomic mass is 9.62. The van der Waals surface area contributed by atoms with Crippen LogP contribution in [0.5, 0.6) is 0 Å². The van der Waals surface area contributed by atoms with Gasteiger partial charge in [0.25, 0.3) is 0 Å². The molecule has 0 fully saturated rings. The molecule has 0 radical (unpaired) electrons. The molecule has 0 unspecified atom stereocenters. The Morgan fingerprint density at radius 2 is 0.631 bits per heavy atom. The molecule has 3 aromatic carbocycles. The van der Waals surface area contributed by atoms with Crippen LogP contribution in [0.4, 0.5) is 0 Å². The van der Waals surface area contributed by atoms with Gasteiger partial charge >= 0.3 is 0 Å². The maximum atomic E-state index is 11.3. The lowest BCUT2D eigenvalue weighted by molar-refractivity contribution is -0.929. The summed E-state index contributed by atoms with van der Waals surface area (Å²) in [5.41, 5.74) is 5.78. The molecule has 65 heavy (non-hydrogen) atoms. The molecule has 0 aliphatic rings. The van der Waals surface area contributed by atoms with E-state index in [1.807, 2.05) is 75.4 Å². The minimum atomic E-state index is -1.85. The fraction of sp³-hybridized carbons (Fsp3) is 0.684. The Bertz CT molecular complexity index is 1450. The van der Waals surface area contributed by atoms with E-state index in [0.29, 0.717) is 27.9 Å². The monoisotopic (exact) mass is 957 g/mol. The highest BCUT2D eigenvalue weighted by Gasteiger charge is 2.39. The number of benzene rings is 3. The van der Waals surface area contributed by atoms with Gasteiger partial charge in [0.1, 0.15) is 0 Å². The van der Waals surface area contributed by atoms with Gasteiger partial charge in [0.2, 0.25) is 0 Å². The van der Waals surface area contributed by atoms with Crippen molar-refractivity contribution in [2.75, 3.05) is 52.4 Å². The molecule has 0 bridgehead atoms.